The zero-order valence-electron chi connectivity index (χ0n) is 15.0. The largest absolute Gasteiger partial charge is 0.370 e. The molecule has 25 heavy (non-hydrogen) atoms. The topological polar surface area (TPSA) is 56.9 Å². The second-order valence-corrected chi connectivity index (χ2v) is 7.29. The molecule has 1 fully saturated rings. The zero-order chi connectivity index (χ0) is 17.7. The Kier molecular flexibility index (Phi) is 9.80. The van der Waals surface area contributed by atoms with Crippen LogP contribution >= 0.6 is 47.2 Å². The SMILES string of the molecule is CC(NC(N)=NCC(C)N1CCN(C)CC1)c1ccc(Cl)cc1Cl.I. The summed E-state index contributed by atoms with van der Waals surface area (Å²) in [6.45, 7) is 9.25. The molecule has 2 rings (SSSR count). The Labute approximate surface area is 177 Å². The highest BCUT2D eigenvalue weighted by atomic mass is 127. The minimum Gasteiger partial charge on any atom is -0.370 e. The van der Waals surface area contributed by atoms with Crippen LogP contribution in [0.2, 0.25) is 10.0 Å². The summed E-state index contributed by atoms with van der Waals surface area (Å²) >= 11 is 12.2. The van der Waals surface area contributed by atoms with E-state index in [1.54, 1.807) is 6.07 Å². The second-order valence-electron chi connectivity index (χ2n) is 6.45. The molecule has 0 saturated carbocycles. The monoisotopic (exact) mass is 499 g/mol. The Morgan fingerprint density at radius 1 is 1.24 bits per heavy atom. The van der Waals surface area contributed by atoms with Gasteiger partial charge in [0.25, 0.3) is 0 Å². The summed E-state index contributed by atoms with van der Waals surface area (Å²) in [6, 6.07) is 5.82. The average Bonchev–Trinajstić information content (AvgIpc) is 2.53. The Bertz CT molecular complexity index is 576. The zero-order valence-corrected chi connectivity index (χ0v) is 18.8. The highest BCUT2D eigenvalue weighted by Crippen LogP contribution is 2.25. The number of nitrogens with two attached hydrogens (primary N) is 1. The molecule has 0 amide bonds. The molecule has 8 heteroatoms. The average molecular weight is 500 g/mol. The molecule has 1 aromatic carbocycles. The van der Waals surface area contributed by atoms with Crippen LogP contribution in [0.3, 0.4) is 0 Å². The lowest BCUT2D eigenvalue weighted by molar-refractivity contribution is 0.122. The number of nitrogens with one attached hydrogen (secondary N) is 1. The summed E-state index contributed by atoms with van der Waals surface area (Å²) in [5, 5.41) is 4.44. The predicted molar refractivity (Wildman–Crippen MR) is 118 cm³/mol. The third-order valence-corrected chi connectivity index (χ3v) is 5.04. The van der Waals surface area contributed by atoms with E-state index in [-0.39, 0.29) is 30.0 Å². The minimum atomic E-state index is -0.0301. The van der Waals surface area contributed by atoms with Gasteiger partial charge >= 0.3 is 0 Å². The fourth-order valence-electron chi connectivity index (χ4n) is 2.81. The van der Waals surface area contributed by atoms with Crippen molar-refractivity contribution in [2.45, 2.75) is 25.9 Å². The van der Waals surface area contributed by atoms with Gasteiger partial charge in [0.2, 0.25) is 0 Å². The lowest BCUT2D eigenvalue weighted by Gasteiger charge is -2.35. The molecule has 1 aliphatic rings. The maximum absolute atomic E-state index is 6.23. The molecule has 0 radical (unpaired) electrons. The van der Waals surface area contributed by atoms with E-state index in [4.69, 9.17) is 28.9 Å². The van der Waals surface area contributed by atoms with E-state index in [0.717, 1.165) is 31.7 Å². The maximum atomic E-state index is 6.23. The van der Waals surface area contributed by atoms with Crippen LogP contribution < -0.4 is 11.1 Å². The molecular weight excluding hydrogens is 472 g/mol. The van der Waals surface area contributed by atoms with E-state index in [2.05, 4.69) is 34.1 Å². The van der Waals surface area contributed by atoms with Gasteiger partial charge in [0.1, 0.15) is 0 Å². The summed E-state index contributed by atoms with van der Waals surface area (Å²) in [7, 11) is 2.16. The third kappa shape index (κ3) is 7.09. The number of guanidine groups is 1. The van der Waals surface area contributed by atoms with Crippen LogP contribution in [0.1, 0.15) is 25.5 Å². The quantitative estimate of drug-likeness (QED) is 0.371. The van der Waals surface area contributed by atoms with Crippen molar-refractivity contribution in [1.82, 2.24) is 15.1 Å². The Morgan fingerprint density at radius 2 is 1.88 bits per heavy atom. The molecule has 1 aromatic rings. The van der Waals surface area contributed by atoms with Crippen LogP contribution in [0.25, 0.3) is 0 Å². The van der Waals surface area contributed by atoms with E-state index < -0.39 is 0 Å². The summed E-state index contributed by atoms with van der Waals surface area (Å²) in [6.07, 6.45) is 0. The van der Waals surface area contributed by atoms with Gasteiger partial charge in [-0.05, 0) is 38.6 Å². The number of hydrogen-bond acceptors (Lipinski definition) is 3. The maximum Gasteiger partial charge on any atom is 0.189 e. The van der Waals surface area contributed by atoms with E-state index >= 15 is 0 Å². The van der Waals surface area contributed by atoms with E-state index in [0.29, 0.717) is 28.6 Å². The Hall–Kier alpha value is -0.280. The Morgan fingerprint density at radius 3 is 2.48 bits per heavy atom. The van der Waals surface area contributed by atoms with Gasteiger partial charge in [-0.25, -0.2) is 0 Å². The van der Waals surface area contributed by atoms with Crippen molar-refractivity contribution in [2.24, 2.45) is 10.7 Å². The molecule has 0 aliphatic carbocycles. The first-order valence-corrected chi connectivity index (χ1v) is 9.06. The fraction of sp³-hybridized carbons (Fsp3) is 0.588. The number of halogens is 3. The molecule has 0 bridgehead atoms. The number of nitrogens with zero attached hydrogens (tertiary/aromatic N) is 3. The van der Waals surface area contributed by atoms with Gasteiger partial charge in [-0.1, -0.05) is 29.3 Å². The van der Waals surface area contributed by atoms with Gasteiger partial charge in [-0.3, -0.25) is 9.89 Å². The Balaban J connectivity index is 0.00000312. The number of likely N-dealkylation sites (N-methyl/N-ethyl adjacent to an activating group) is 1. The molecule has 2 atom stereocenters. The molecule has 1 heterocycles. The lowest BCUT2D eigenvalue weighted by Crippen LogP contribution is -2.49. The molecule has 142 valence electrons. The predicted octanol–water partition coefficient (Wildman–Crippen LogP) is 3.21. The first kappa shape index (κ1) is 22.8. The standard InChI is InChI=1S/C17H27Cl2N5.HI/c1-12(24-8-6-23(3)7-9-24)11-21-17(20)22-13(2)15-5-4-14(18)10-16(15)19;/h4-5,10,12-13H,6-9,11H2,1-3H3,(H3,20,21,22);1H. The van der Waals surface area contributed by atoms with Gasteiger partial charge in [0, 0.05) is 42.3 Å². The molecular formula is C17H28Cl2IN5. The van der Waals surface area contributed by atoms with Crippen molar-refractivity contribution in [3.8, 4) is 0 Å². The minimum absolute atomic E-state index is 0. The molecule has 0 spiro atoms. The fourth-order valence-corrected chi connectivity index (χ4v) is 3.38. The van der Waals surface area contributed by atoms with Crippen molar-refractivity contribution in [2.75, 3.05) is 39.8 Å². The van der Waals surface area contributed by atoms with Crippen LogP contribution in [0.4, 0.5) is 0 Å². The highest BCUT2D eigenvalue weighted by Gasteiger charge is 2.19. The van der Waals surface area contributed by atoms with Gasteiger partial charge in [0.05, 0.1) is 12.6 Å². The van der Waals surface area contributed by atoms with E-state index in [1.807, 2.05) is 19.1 Å². The van der Waals surface area contributed by atoms with Crippen LogP contribution in [0, 0.1) is 0 Å². The molecule has 3 N–H and O–H groups in total. The van der Waals surface area contributed by atoms with Crippen molar-refractivity contribution < 1.29 is 0 Å². The van der Waals surface area contributed by atoms with E-state index in [9.17, 15) is 0 Å². The lowest BCUT2D eigenvalue weighted by atomic mass is 10.1. The number of benzene rings is 1. The molecule has 1 saturated heterocycles. The highest BCUT2D eigenvalue weighted by molar-refractivity contribution is 14.0. The summed E-state index contributed by atoms with van der Waals surface area (Å²) in [5.41, 5.74) is 6.99. The van der Waals surface area contributed by atoms with Crippen LogP contribution in [-0.4, -0.2) is 61.6 Å². The molecule has 0 aromatic heterocycles. The summed E-state index contributed by atoms with van der Waals surface area (Å²) in [4.78, 5) is 9.29. The normalized spacial score (nSPS) is 19.2. The summed E-state index contributed by atoms with van der Waals surface area (Å²) < 4.78 is 0. The molecule has 1 aliphatic heterocycles. The van der Waals surface area contributed by atoms with Gasteiger partial charge < -0.3 is 16.0 Å². The van der Waals surface area contributed by atoms with Crippen molar-refractivity contribution in [1.29, 1.82) is 0 Å². The van der Waals surface area contributed by atoms with Gasteiger partial charge in [-0.2, -0.15) is 0 Å². The third-order valence-electron chi connectivity index (χ3n) is 4.48. The van der Waals surface area contributed by atoms with Crippen molar-refractivity contribution >= 4 is 53.1 Å². The second kappa shape index (κ2) is 10.8. The number of piperazine rings is 1. The molecule has 5 nitrogen and oxygen atoms in total. The van der Waals surface area contributed by atoms with Crippen LogP contribution in [0.5, 0.6) is 0 Å². The van der Waals surface area contributed by atoms with Gasteiger partial charge in [-0.15, -0.1) is 24.0 Å². The smallest absolute Gasteiger partial charge is 0.189 e. The number of hydrogen-bond donors (Lipinski definition) is 2. The molecule has 2 unspecified atom stereocenters. The first-order chi connectivity index (χ1) is 11.4. The van der Waals surface area contributed by atoms with Gasteiger partial charge in [0.15, 0.2) is 5.96 Å². The number of aliphatic imine (C=N–C) groups is 1. The van der Waals surface area contributed by atoms with E-state index in [1.165, 1.54) is 0 Å². The number of rotatable bonds is 5. The summed E-state index contributed by atoms with van der Waals surface area (Å²) in [5.74, 6) is 0.439. The van der Waals surface area contributed by atoms with Crippen LogP contribution in [-0.2, 0) is 0 Å². The van der Waals surface area contributed by atoms with Crippen molar-refractivity contribution in [3.05, 3.63) is 33.8 Å². The van der Waals surface area contributed by atoms with Crippen molar-refractivity contribution in [3.63, 3.8) is 0 Å². The van der Waals surface area contributed by atoms with Crippen LogP contribution in [0.15, 0.2) is 23.2 Å². The first-order valence-electron chi connectivity index (χ1n) is 8.31.